The van der Waals surface area contributed by atoms with E-state index in [1.807, 2.05) is 37.6 Å². The zero-order valence-corrected chi connectivity index (χ0v) is 16.4. The topological polar surface area (TPSA) is 102 Å². The number of alkyl carbamates (subject to hydrolysis) is 1. The molecule has 0 saturated heterocycles. The lowest BCUT2D eigenvalue weighted by Gasteiger charge is -2.31. The average Bonchev–Trinajstić information content (AvgIpc) is 3.10. The second kappa shape index (κ2) is 6.92. The van der Waals surface area contributed by atoms with E-state index < -0.39 is 5.60 Å². The van der Waals surface area contributed by atoms with Gasteiger partial charge in [-0.3, -0.25) is 4.79 Å². The van der Waals surface area contributed by atoms with Crippen LogP contribution in [0.1, 0.15) is 52.5 Å². The van der Waals surface area contributed by atoms with Gasteiger partial charge in [-0.05, 0) is 52.5 Å². The van der Waals surface area contributed by atoms with E-state index in [-0.39, 0.29) is 23.7 Å². The number of amides is 1. The normalized spacial score (nSPS) is 20.4. The van der Waals surface area contributed by atoms with Crippen LogP contribution in [0.5, 0.6) is 0 Å². The van der Waals surface area contributed by atoms with Crippen LogP contribution in [0, 0.1) is 0 Å². The van der Waals surface area contributed by atoms with Crippen molar-refractivity contribution in [3.05, 3.63) is 35.0 Å². The van der Waals surface area contributed by atoms with E-state index in [1.54, 1.807) is 6.20 Å². The first kappa shape index (κ1) is 18.5. The molecule has 1 amide bonds. The van der Waals surface area contributed by atoms with Crippen LogP contribution in [-0.2, 0) is 4.74 Å². The molecule has 0 unspecified atom stereocenters. The van der Waals surface area contributed by atoms with Crippen molar-refractivity contribution in [1.82, 2.24) is 24.8 Å². The number of H-pyrrole nitrogens is 1. The molecule has 3 aromatic heterocycles. The van der Waals surface area contributed by atoms with Gasteiger partial charge in [-0.2, -0.15) is 0 Å². The second-order valence-corrected chi connectivity index (χ2v) is 8.35. The van der Waals surface area contributed by atoms with Crippen LogP contribution in [0.4, 0.5) is 4.79 Å². The van der Waals surface area contributed by atoms with E-state index in [2.05, 4.69) is 20.3 Å². The summed E-state index contributed by atoms with van der Waals surface area (Å²) >= 11 is 0. The molecular formula is C20H25N5O3. The molecule has 148 valence electrons. The van der Waals surface area contributed by atoms with E-state index in [9.17, 15) is 9.59 Å². The van der Waals surface area contributed by atoms with Crippen molar-refractivity contribution in [3.8, 4) is 0 Å². The third-order valence-electron chi connectivity index (χ3n) is 5.11. The van der Waals surface area contributed by atoms with E-state index in [4.69, 9.17) is 4.74 Å². The Kier molecular flexibility index (Phi) is 4.56. The number of carbonyl (C=O) groups excluding carboxylic acids is 1. The van der Waals surface area contributed by atoms with Gasteiger partial charge in [0.15, 0.2) is 0 Å². The predicted molar refractivity (Wildman–Crippen MR) is 106 cm³/mol. The molecule has 8 heteroatoms. The fourth-order valence-corrected chi connectivity index (χ4v) is 3.94. The molecule has 0 bridgehead atoms. The first-order valence-corrected chi connectivity index (χ1v) is 9.65. The number of hydrogen-bond donors (Lipinski definition) is 2. The van der Waals surface area contributed by atoms with Crippen molar-refractivity contribution in [2.24, 2.45) is 0 Å². The zero-order chi connectivity index (χ0) is 19.9. The van der Waals surface area contributed by atoms with Gasteiger partial charge in [0.25, 0.3) is 5.56 Å². The van der Waals surface area contributed by atoms with Crippen LogP contribution in [0.3, 0.4) is 0 Å². The number of rotatable bonds is 2. The molecule has 0 radical (unpaired) electrons. The van der Waals surface area contributed by atoms with Gasteiger partial charge in [0.2, 0.25) is 0 Å². The SMILES string of the molecule is CC(C)(C)OC(=O)NC1CCC(n2c(=O)cnc3cnc4[nH]ccc4c32)CC1. The highest BCUT2D eigenvalue weighted by atomic mass is 16.6. The Morgan fingerprint density at radius 1 is 1.21 bits per heavy atom. The number of nitrogens with one attached hydrogen (secondary N) is 2. The molecule has 2 N–H and O–H groups in total. The molecule has 0 aliphatic heterocycles. The Morgan fingerprint density at radius 3 is 2.68 bits per heavy atom. The summed E-state index contributed by atoms with van der Waals surface area (Å²) < 4.78 is 7.20. The number of ether oxygens (including phenoxy) is 1. The lowest BCUT2D eigenvalue weighted by Crippen LogP contribution is -2.41. The lowest BCUT2D eigenvalue weighted by atomic mass is 9.90. The Labute approximate surface area is 162 Å². The van der Waals surface area contributed by atoms with Gasteiger partial charge < -0.3 is 19.6 Å². The van der Waals surface area contributed by atoms with Crippen molar-refractivity contribution >= 4 is 28.2 Å². The van der Waals surface area contributed by atoms with Gasteiger partial charge >= 0.3 is 6.09 Å². The third-order valence-corrected chi connectivity index (χ3v) is 5.11. The third kappa shape index (κ3) is 3.58. The van der Waals surface area contributed by atoms with Crippen molar-refractivity contribution in [2.45, 2.75) is 64.1 Å². The second-order valence-electron chi connectivity index (χ2n) is 8.35. The summed E-state index contributed by atoms with van der Waals surface area (Å²) in [5, 5.41) is 3.85. The van der Waals surface area contributed by atoms with Crippen LogP contribution in [0.25, 0.3) is 22.1 Å². The van der Waals surface area contributed by atoms with Gasteiger partial charge in [0, 0.05) is 23.7 Å². The molecule has 28 heavy (non-hydrogen) atoms. The van der Waals surface area contributed by atoms with Crippen molar-refractivity contribution in [2.75, 3.05) is 0 Å². The minimum Gasteiger partial charge on any atom is -0.444 e. The van der Waals surface area contributed by atoms with E-state index >= 15 is 0 Å². The molecule has 1 aliphatic rings. The number of carbonyl (C=O) groups is 1. The first-order chi connectivity index (χ1) is 13.3. The number of hydrogen-bond acceptors (Lipinski definition) is 5. The maximum atomic E-state index is 12.7. The lowest BCUT2D eigenvalue weighted by molar-refractivity contribution is 0.0488. The molecular weight excluding hydrogens is 358 g/mol. The highest BCUT2D eigenvalue weighted by Gasteiger charge is 2.27. The monoisotopic (exact) mass is 383 g/mol. The smallest absolute Gasteiger partial charge is 0.407 e. The molecule has 0 atom stereocenters. The Morgan fingerprint density at radius 2 is 1.96 bits per heavy atom. The van der Waals surface area contributed by atoms with Crippen LogP contribution in [0.2, 0.25) is 0 Å². The minimum absolute atomic E-state index is 0.0591. The highest BCUT2D eigenvalue weighted by molar-refractivity contribution is 6.00. The van der Waals surface area contributed by atoms with E-state index in [1.165, 1.54) is 6.20 Å². The van der Waals surface area contributed by atoms with Crippen molar-refractivity contribution < 1.29 is 9.53 Å². The van der Waals surface area contributed by atoms with E-state index in [0.717, 1.165) is 42.2 Å². The molecule has 1 saturated carbocycles. The summed E-state index contributed by atoms with van der Waals surface area (Å²) in [6.07, 6.45) is 7.68. The Bertz CT molecular complexity index is 1070. The first-order valence-electron chi connectivity index (χ1n) is 9.65. The molecule has 3 heterocycles. The Hall–Kier alpha value is -2.90. The molecule has 0 aromatic carbocycles. The standard InChI is InChI=1S/C20H25N5O3/c1-20(2,3)28-19(27)24-12-4-6-13(7-5-12)25-16(26)11-22-15-10-23-18-14(17(15)25)8-9-21-18/h8-13H,4-7H2,1-3H3,(H,21,23)(H,24,27). The fraction of sp³-hybridized carbons (Fsp3) is 0.500. The highest BCUT2D eigenvalue weighted by Crippen LogP contribution is 2.31. The molecule has 1 fully saturated rings. The van der Waals surface area contributed by atoms with Crippen molar-refractivity contribution in [1.29, 1.82) is 0 Å². The van der Waals surface area contributed by atoms with Crippen LogP contribution in [-0.4, -0.2) is 37.3 Å². The summed E-state index contributed by atoms with van der Waals surface area (Å²) in [6, 6.07) is 2.05. The molecule has 8 nitrogen and oxygen atoms in total. The largest absolute Gasteiger partial charge is 0.444 e. The molecule has 0 spiro atoms. The summed E-state index contributed by atoms with van der Waals surface area (Å²) in [6.45, 7) is 5.54. The summed E-state index contributed by atoms with van der Waals surface area (Å²) in [7, 11) is 0. The van der Waals surface area contributed by atoms with Gasteiger partial charge in [0.1, 0.15) is 16.8 Å². The quantitative estimate of drug-likeness (QED) is 0.707. The minimum atomic E-state index is -0.513. The number of aromatic amines is 1. The van der Waals surface area contributed by atoms with Crippen LogP contribution in [0.15, 0.2) is 29.5 Å². The van der Waals surface area contributed by atoms with E-state index in [0.29, 0.717) is 5.52 Å². The van der Waals surface area contributed by atoms with Gasteiger partial charge in [0.05, 0.1) is 17.9 Å². The van der Waals surface area contributed by atoms with Crippen LogP contribution < -0.4 is 10.9 Å². The summed E-state index contributed by atoms with van der Waals surface area (Å²) in [5.74, 6) is 0. The van der Waals surface area contributed by atoms with Crippen LogP contribution >= 0.6 is 0 Å². The summed E-state index contributed by atoms with van der Waals surface area (Å²) in [4.78, 5) is 36.4. The number of nitrogens with zero attached hydrogens (tertiary/aromatic N) is 3. The fourth-order valence-electron chi connectivity index (χ4n) is 3.94. The number of aromatic nitrogens is 4. The Balaban J connectivity index is 1.56. The average molecular weight is 383 g/mol. The maximum absolute atomic E-state index is 12.7. The van der Waals surface area contributed by atoms with Gasteiger partial charge in [-0.15, -0.1) is 0 Å². The number of pyridine rings is 1. The van der Waals surface area contributed by atoms with Gasteiger partial charge in [-0.25, -0.2) is 14.8 Å². The maximum Gasteiger partial charge on any atom is 0.407 e. The molecule has 1 aliphatic carbocycles. The molecule has 3 aromatic rings. The predicted octanol–water partition coefficient (Wildman–Crippen LogP) is 3.28. The zero-order valence-electron chi connectivity index (χ0n) is 16.4. The molecule has 4 rings (SSSR count). The summed E-state index contributed by atoms with van der Waals surface area (Å²) in [5.41, 5.74) is 1.65. The number of fused-ring (bicyclic) bond motifs is 3. The van der Waals surface area contributed by atoms with Crippen molar-refractivity contribution in [3.63, 3.8) is 0 Å². The van der Waals surface area contributed by atoms with Gasteiger partial charge in [-0.1, -0.05) is 0 Å².